The average Bonchev–Trinajstić information content (AvgIpc) is 3.25. The van der Waals surface area contributed by atoms with Gasteiger partial charge in [-0.3, -0.25) is 0 Å². The zero-order valence-corrected chi connectivity index (χ0v) is 24.9. The summed E-state index contributed by atoms with van der Waals surface area (Å²) in [4.78, 5) is 4.91. The summed E-state index contributed by atoms with van der Waals surface area (Å²) >= 11 is 0. The van der Waals surface area contributed by atoms with Crippen molar-refractivity contribution in [3.05, 3.63) is 78.4 Å². The van der Waals surface area contributed by atoms with Gasteiger partial charge in [0.05, 0.1) is 11.8 Å². The summed E-state index contributed by atoms with van der Waals surface area (Å²) in [6.07, 6.45) is 1.73. The molecular weight excluding hydrogens is 482 g/mol. The summed E-state index contributed by atoms with van der Waals surface area (Å²) in [6.45, 7) is 16.4. The predicted molar refractivity (Wildman–Crippen MR) is 153 cm³/mol. The molecule has 0 amide bonds. The lowest BCUT2D eigenvalue weighted by molar-refractivity contribution is 0.0813. The summed E-state index contributed by atoms with van der Waals surface area (Å²) in [5.41, 5.74) is 1.05. The van der Waals surface area contributed by atoms with Crippen molar-refractivity contribution in [2.24, 2.45) is 10.6 Å². The minimum absolute atomic E-state index is 0.214. The maximum atomic E-state index is 9.52. The summed E-state index contributed by atoms with van der Waals surface area (Å²) in [5.74, 6) is 0.594. The van der Waals surface area contributed by atoms with E-state index in [-0.39, 0.29) is 11.5 Å². The van der Waals surface area contributed by atoms with E-state index in [9.17, 15) is 5.21 Å². The molecule has 0 spiro atoms. The van der Waals surface area contributed by atoms with Crippen LogP contribution in [0.4, 0.5) is 0 Å². The van der Waals surface area contributed by atoms with Crippen LogP contribution in [0.1, 0.15) is 45.3 Å². The van der Waals surface area contributed by atoms with Crippen LogP contribution in [-0.4, -0.2) is 44.2 Å². The van der Waals surface area contributed by atoms with Crippen LogP contribution in [0.2, 0.25) is 25.7 Å². The minimum Gasteiger partial charge on any atom is -0.411 e. The molecular formula is C28H41N3O3Si2. The van der Waals surface area contributed by atoms with E-state index in [0.29, 0.717) is 24.9 Å². The molecule has 194 valence electrons. The van der Waals surface area contributed by atoms with Crippen molar-refractivity contribution in [1.29, 1.82) is 0 Å². The summed E-state index contributed by atoms with van der Waals surface area (Å²) in [7, 11) is -3.21. The molecule has 0 saturated carbocycles. The quantitative estimate of drug-likeness (QED) is 0.126. The number of rotatable bonds is 11. The van der Waals surface area contributed by atoms with Crippen molar-refractivity contribution < 1.29 is 14.4 Å². The highest BCUT2D eigenvalue weighted by Crippen LogP contribution is 2.36. The van der Waals surface area contributed by atoms with Crippen LogP contribution in [0, 0.1) is 5.41 Å². The minimum atomic E-state index is -2.02. The van der Waals surface area contributed by atoms with Gasteiger partial charge in [-0.1, -0.05) is 106 Å². The highest BCUT2D eigenvalue weighted by molar-refractivity contribution is 6.80. The van der Waals surface area contributed by atoms with Crippen molar-refractivity contribution in [2.75, 3.05) is 6.61 Å². The van der Waals surface area contributed by atoms with Gasteiger partial charge in [-0.05, 0) is 28.8 Å². The Bertz CT molecular complexity index is 1080. The molecule has 3 rings (SSSR count). The molecule has 1 heterocycles. The molecule has 0 bridgehead atoms. The fourth-order valence-corrected chi connectivity index (χ4v) is 7.41. The van der Waals surface area contributed by atoms with E-state index >= 15 is 0 Å². The highest BCUT2D eigenvalue weighted by atomic mass is 28.3. The van der Waals surface area contributed by atoms with Crippen LogP contribution in [0.15, 0.2) is 72.0 Å². The maximum absolute atomic E-state index is 9.52. The van der Waals surface area contributed by atoms with E-state index < -0.39 is 17.1 Å². The molecule has 1 aromatic heterocycles. The molecule has 0 aliphatic rings. The van der Waals surface area contributed by atoms with Gasteiger partial charge in [-0.25, -0.2) is 4.98 Å². The van der Waals surface area contributed by atoms with Gasteiger partial charge in [0.2, 0.25) is 9.04 Å². The van der Waals surface area contributed by atoms with Gasteiger partial charge in [0.1, 0.15) is 12.4 Å². The third kappa shape index (κ3) is 7.73. The van der Waals surface area contributed by atoms with Gasteiger partial charge >= 0.3 is 0 Å². The number of hydrogen-bond acceptors (Lipinski definition) is 5. The zero-order chi connectivity index (χ0) is 26.3. The maximum Gasteiger partial charge on any atom is 0.240 e. The fraction of sp³-hybridized carbons (Fsp3) is 0.429. The fourth-order valence-electron chi connectivity index (χ4n) is 3.99. The van der Waals surface area contributed by atoms with Crippen LogP contribution >= 0.6 is 0 Å². The smallest absolute Gasteiger partial charge is 0.240 e. The van der Waals surface area contributed by atoms with Crippen LogP contribution in [0.3, 0.4) is 0 Å². The van der Waals surface area contributed by atoms with Gasteiger partial charge in [0.25, 0.3) is 0 Å². The molecule has 6 nitrogen and oxygen atoms in total. The summed E-state index contributed by atoms with van der Waals surface area (Å²) in [5, 5.41) is 15.4. The normalized spacial score (nSPS) is 13.8. The molecule has 0 fully saturated rings. The Morgan fingerprint density at radius 2 is 1.58 bits per heavy atom. The molecule has 2 aromatic carbocycles. The lowest BCUT2D eigenvalue weighted by Crippen LogP contribution is -2.47. The Morgan fingerprint density at radius 1 is 1.03 bits per heavy atom. The second kappa shape index (κ2) is 12.1. The average molecular weight is 524 g/mol. The van der Waals surface area contributed by atoms with E-state index in [1.165, 1.54) is 10.4 Å². The van der Waals surface area contributed by atoms with Crippen LogP contribution < -0.4 is 10.4 Å². The van der Waals surface area contributed by atoms with Crippen molar-refractivity contribution in [1.82, 2.24) is 9.55 Å². The number of aromatic nitrogens is 2. The third-order valence-electron chi connectivity index (χ3n) is 6.03. The molecule has 8 heteroatoms. The molecule has 36 heavy (non-hydrogen) atoms. The van der Waals surface area contributed by atoms with Crippen LogP contribution in [0.5, 0.6) is 0 Å². The predicted octanol–water partition coefficient (Wildman–Crippen LogP) is 5.04. The van der Waals surface area contributed by atoms with Crippen LogP contribution in [0.25, 0.3) is 0 Å². The van der Waals surface area contributed by atoms with Gasteiger partial charge in [-0.2, -0.15) is 0 Å². The lowest BCUT2D eigenvalue weighted by atomic mass is 9.87. The molecule has 1 unspecified atom stereocenters. The van der Waals surface area contributed by atoms with Crippen molar-refractivity contribution in [2.45, 2.75) is 66.2 Å². The van der Waals surface area contributed by atoms with E-state index in [0.717, 1.165) is 11.7 Å². The van der Waals surface area contributed by atoms with Crippen molar-refractivity contribution in [3.8, 4) is 0 Å². The molecule has 3 aromatic rings. The molecule has 0 saturated heterocycles. The number of oxime groups is 1. The van der Waals surface area contributed by atoms with E-state index in [1.54, 1.807) is 6.92 Å². The summed E-state index contributed by atoms with van der Waals surface area (Å²) < 4.78 is 15.0. The number of imidazole rings is 1. The number of hydrogen-bond donors (Lipinski definition) is 1. The largest absolute Gasteiger partial charge is 0.411 e. The first-order chi connectivity index (χ1) is 17.0. The molecule has 0 radical (unpaired) electrons. The van der Waals surface area contributed by atoms with Gasteiger partial charge < -0.3 is 18.9 Å². The number of benzene rings is 2. The molecule has 1 N–H and O–H groups in total. The second-order valence-electron chi connectivity index (χ2n) is 11.6. The Labute approximate surface area is 218 Å². The molecule has 0 aliphatic heterocycles. The molecule has 1 atom stereocenters. The van der Waals surface area contributed by atoms with E-state index in [1.807, 2.05) is 22.9 Å². The third-order valence-corrected chi connectivity index (χ3v) is 10.3. The van der Waals surface area contributed by atoms with Gasteiger partial charge in [0.15, 0.2) is 5.82 Å². The van der Waals surface area contributed by atoms with Gasteiger partial charge in [-0.15, -0.1) is 0 Å². The lowest BCUT2D eigenvalue weighted by Gasteiger charge is -2.33. The Kier molecular flexibility index (Phi) is 9.46. The molecule has 0 aliphatic carbocycles. The highest BCUT2D eigenvalue weighted by Gasteiger charge is 2.34. The van der Waals surface area contributed by atoms with E-state index in [4.69, 9.17) is 14.1 Å². The first-order valence-corrected chi connectivity index (χ1v) is 17.9. The Balaban J connectivity index is 1.96. The Morgan fingerprint density at radius 3 is 2.06 bits per heavy atom. The van der Waals surface area contributed by atoms with Gasteiger partial charge in [0, 0.05) is 20.9 Å². The summed E-state index contributed by atoms with van der Waals surface area (Å²) in [6, 6.07) is 22.1. The topological polar surface area (TPSA) is 68.9 Å². The van der Waals surface area contributed by atoms with Crippen molar-refractivity contribution >= 4 is 33.2 Å². The monoisotopic (exact) mass is 523 g/mol. The standard InChI is InChI=1S/C28H41N3O3Si2/c1-22(30-32)27-29-25(20-31(27)21-33-18-19-36(5,6)7)26(28(2,3)4)34-35(23-14-10-8-11-15-23)24-16-12-9-13-17-24/h8-17,20,26,32,35H,18-19,21H2,1-7H3. The Hall–Kier alpha value is -2.53. The SMILES string of the molecule is CC(=NO)c1nc(C(O[SiH](c2ccccc2)c2ccccc2)C(C)(C)C)cn1COCC[Si](C)(C)C. The number of nitrogens with zero attached hydrogens (tertiary/aromatic N) is 3. The number of ether oxygens (including phenoxy) is 1. The second-order valence-corrected chi connectivity index (χ2v) is 19.6. The zero-order valence-electron chi connectivity index (χ0n) is 22.7. The van der Waals surface area contributed by atoms with E-state index in [2.05, 4.69) is 94.1 Å². The van der Waals surface area contributed by atoms with Crippen molar-refractivity contribution in [3.63, 3.8) is 0 Å². The first-order valence-electron chi connectivity index (χ1n) is 12.6. The van der Waals surface area contributed by atoms with Crippen LogP contribution in [-0.2, 0) is 15.9 Å². The first kappa shape index (κ1) is 28.1.